The van der Waals surface area contributed by atoms with Gasteiger partial charge >= 0.3 is 0 Å². The maximum atomic E-state index is 13.2. The van der Waals surface area contributed by atoms with Crippen LogP contribution in [0.4, 0.5) is 13.2 Å². The SMILES string of the molecule is Cc1ccc2oc(C(O)c3cc(F)c(F)c(F)c3)cc2c1. The van der Waals surface area contributed by atoms with E-state index >= 15 is 0 Å². The maximum absolute atomic E-state index is 13.2. The number of aryl methyl sites for hydroxylation is 1. The monoisotopic (exact) mass is 292 g/mol. The summed E-state index contributed by atoms with van der Waals surface area (Å²) in [4.78, 5) is 0. The van der Waals surface area contributed by atoms with Gasteiger partial charge in [-0.2, -0.15) is 0 Å². The first-order valence-electron chi connectivity index (χ1n) is 6.28. The molecule has 0 aliphatic carbocycles. The van der Waals surface area contributed by atoms with E-state index in [2.05, 4.69) is 0 Å². The molecule has 108 valence electrons. The van der Waals surface area contributed by atoms with Gasteiger partial charge in [-0.1, -0.05) is 11.6 Å². The lowest BCUT2D eigenvalue weighted by molar-refractivity contribution is 0.191. The first kappa shape index (κ1) is 13.7. The Labute approximate surface area is 118 Å². The Morgan fingerprint density at radius 1 is 1.00 bits per heavy atom. The van der Waals surface area contributed by atoms with E-state index in [1.165, 1.54) is 0 Å². The van der Waals surface area contributed by atoms with Gasteiger partial charge in [0.25, 0.3) is 0 Å². The van der Waals surface area contributed by atoms with Crippen molar-refractivity contribution < 1.29 is 22.7 Å². The van der Waals surface area contributed by atoms with Crippen LogP contribution in [0.1, 0.15) is 23.0 Å². The molecule has 0 saturated carbocycles. The largest absolute Gasteiger partial charge is 0.458 e. The lowest BCUT2D eigenvalue weighted by atomic mass is 10.1. The zero-order chi connectivity index (χ0) is 15.1. The molecule has 1 aromatic heterocycles. The minimum Gasteiger partial charge on any atom is -0.458 e. The molecule has 3 aromatic rings. The highest BCUT2D eigenvalue weighted by molar-refractivity contribution is 5.78. The lowest BCUT2D eigenvalue weighted by Gasteiger charge is -2.08. The minimum atomic E-state index is -1.56. The predicted molar refractivity (Wildman–Crippen MR) is 71.3 cm³/mol. The lowest BCUT2D eigenvalue weighted by Crippen LogP contribution is -2.02. The Morgan fingerprint density at radius 2 is 1.67 bits per heavy atom. The van der Waals surface area contributed by atoms with Crippen LogP contribution >= 0.6 is 0 Å². The Morgan fingerprint density at radius 3 is 2.33 bits per heavy atom. The summed E-state index contributed by atoms with van der Waals surface area (Å²) in [7, 11) is 0. The molecule has 3 rings (SSSR count). The number of fused-ring (bicyclic) bond motifs is 1. The fraction of sp³-hybridized carbons (Fsp3) is 0.125. The topological polar surface area (TPSA) is 33.4 Å². The highest BCUT2D eigenvalue weighted by Gasteiger charge is 2.20. The first-order chi connectivity index (χ1) is 9.95. The van der Waals surface area contributed by atoms with E-state index in [9.17, 15) is 18.3 Å². The Bertz CT molecular complexity index is 800. The molecule has 21 heavy (non-hydrogen) atoms. The van der Waals surface area contributed by atoms with E-state index in [1.54, 1.807) is 12.1 Å². The molecule has 1 N–H and O–H groups in total. The molecule has 0 amide bonds. The van der Waals surface area contributed by atoms with E-state index in [0.717, 1.165) is 23.1 Å². The predicted octanol–water partition coefficient (Wildman–Crippen LogP) is 4.24. The van der Waals surface area contributed by atoms with Crippen molar-refractivity contribution >= 4 is 11.0 Å². The average Bonchev–Trinajstić information content (AvgIpc) is 2.86. The highest BCUT2D eigenvalue weighted by atomic mass is 19.2. The standard InChI is InChI=1S/C16H11F3O2/c1-8-2-3-13-9(4-8)7-14(21-13)16(20)10-5-11(17)15(19)12(18)6-10/h2-7,16,20H,1H3. The highest BCUT2D eigenvalue weighted by Crippen LogP contribution is 2.30. The summed E-state index contributed by atoms with van der Waals surface area (Å²) in [6.07, 6.45) is -1.37. The van der Waals surface area contributed by atoms with Gasteiger partial charge in [-0.25, -0.2) is 13.2 Å². The Kier molecular flexibility index (Phi) is 3.22. The molecule has 0 spiro atoms. The summed E-state index contributed by atoms with van der Waals surface area (Å²) in [5.41, 5.74) is 1.46. The number of aliphatic hydroxyl groups excluding tert-OH is 1. The molecule has 0 aliphatic heterocycles. The Balaban J connectivity index is 2.05. The van der Waals surface area contributed by atoms with Crippen molar-refractivity contribution in [2.24, 2.45) is 0 Å². The van der Waals surface area contributed by atoms with Crippen molar-refractivity contribution in [3.05, 3.63) is 70.7 Å². The van der Waals surface area contributed by atoms with Gasteiger partial charge in [0.05, 0.1) is 0 Å². The zero-order valence-electron chi connectivity index (χ0n) is 11.0. The molecule has 0 saturated heterocycles. The fourth-order valence-corrected chi connectivity index (χ4v) is 2.22. The fourth-order valence-electron chi connectivity index (χ4n) is 2.22. The van der Waals surface area contributed by atoms with Crippen molar-refractivity contribution in [1.29, 1.82) is 0 Å². The van der Waals surface area contributed by atoms with Crippen molar-refractivity contribution in [3.63, 3.8) is 0 Å². The molecule has 1 heterocycles. The van der Waals surface area contributed by atoms with Crippen molar-refractivity contribution in [1.82, 2.24) is 0 Å². The summed E-state index contributed by atoms with van der Waals surface area (Å²) >= 11 is 0. The number of hydrogen-bond acceptors (Lipinski definition) is 2. The summed E-state index contributed by atoms with van der Waals surface area (Å²) in [5, 5.41) is 10.9. The van der Waals surface area contributed by atoms with Gasteiger partial charge in [-0.3, -0.25) is 0 Å². The third kappa shape index (κ3) is 2.40. The van der Waals surface area contributed by atoms with E-state index in [-0.39, 0.29) is 11.3 Å². The van der Waals surface area contributed by atoms with Crippen LogP contribution in [-0.2, 0) is 0 Å². The molecule has 0 bridgehead atoms. The van der Waals surface area contributed by atoms with Crippen molar-refractivity contribution in [2.45, 2.75) is 13.0 Å². The van der Waals surface area contributed by atoms with Crippen molar-refractivity contribution in [2.75, 3.05) is 0 Å². The Hall–Kier alpha value is -2.27. The summed E-state index contributed by atoms with van der Waals surface area (Å²) in [6.45, 7) is 1.91. The van der Waals surface area contributed by atoms with Crippen LogP contribution < -0.4 is 0 Å². The van der Waals surface area contributed by atoms with E-state index in [1.807, 2.05) is 19.1 Å². The van der Waals surface area contributed by atoms with Gasteiger partial charge in [0, 0.05) is 5.39 Å². The first-order valence-corrected chi connectivity index (χ1v) is 6.28. The molecule has 0 aliphatic rings. The van der Waals surface area contributed by atoms with Crippen LogP contribution in [0.15, 0.2) is 40.8 Å². The number of hydrogen-bond donors (Lipinski definition) is 1. The summed E-state index contributed by atoms with van der Waals surface area (Å²) in [5.74, 6) is -4.13. The molecular weight excluding hydrogens is 281 g/mol. The number of rotatable bonds is 2. The summed E-state index contributed by atoms with van der Waals surface area (Å²) in [6, 6.07) is 8.54. The molecule has 0 radical (unpaired) electrons. The van der Waals surface area contributed by atoms with Crippen LogP contribution in [0.25, 0.3) is 11.0 Å². The molecule has 2 aromatic carbocycles. The van der Waals surface area contributed by atoms with Gasteiger partial charge in [0.15, 0.2) is 17.5 Å². The normalized spacial score (nSPS) is 12.8. The van der Waals surface area contributed by atoms with Crippen LogP contribution in [0.3, 0.4) is 0 Å². The second kappa shape index (κ2) is 4.93. The molecular formula is C16H11F3O2. The van der Waals surface area contributed by atoms with Gasteiger partial charge in [-0.15, -0.1) is 0 Å². The van der Waals surface area contributed by atoms with E-state index in [0.29, 0.717) is 5.58 Å². The summed E-state index contributed by atoms with van der Waals surface area (Å²) < 4.78 is 44.8. The van der Waals surface area contributed by atoms with Crippen LogP contribution in [0, 0.1) is 24.4 Å². The minimum absolute atomic E-state index is 0.109. The molecule has 1 unspecified atom stereocenters. The second-order valence-electron chi connectivity index (χ2n) is 4.89. The van der Waals surface area contributed by atoms with Crippen LogP contribution in [0.5, 0.6) is 0 Å². The van der Waals surface area contributed by atoms with Gasteiger partial charge < -0.3 is 9.52 Å². The third-order valence-electron chi connectivity index (χ3n) is 3.28. The number of benzene rings is 2. The third-order valence-corrected chi connectivity index (χ3v) is 3.28. The quantitative estimate of drug-likeness (QED) is 0.717. The number of furan rings is 1. The van der Waals surface area contributed by atoms with E-state index in [4.69, 9.17) is 4.42 Å². The molecule has 2 nitrogen and oxygen atoms in total. The maximum Gasteiger partial charge on any atom is 0.194 e. The molecule has 0 fully saturated rings. The zero-order valence-corrected chi connectivity index (χ0v) is 11.0. The van der Waals surface area contributed by atoms with Gasteiger partial charge in [-0.05, 0) is 42.8 Å². The average molecular weight is 292 g/mol. The van der Waals surface area contributed by atoms with Gasteiger partial charge in [0.2, 0.25) is 0 Å². The molecule has 5 heteroatoms. The number of halogens is 3. The van der Waals surface area contributed by atoms with Crippen molar-refractivity contribution in [3.8, 4) is 0 Å². The molecule has 1 atom stereocenters. The van der Waals surface area contributed by atoms with E-state index < -0.39 is 23.6 Å². The van der Waals surface area contributed by atoms with Crippen LogP contribution in [0.2, 0.25) is 0 Å². The smallest absolute Gasteiger partial charge is 0.194 e. The van der Waals surface area contributed by atoms with Gasteiger partial charge in [0.1, 0.15) is 17.4 Å². The number of aliphatic hydroxyl groups is 1. The second-order valence-corrected chi connectivity index (χ2v) is 4.89. The van der Waals surface area contributed by atoms with Crippen LogP contribution in [-0.4, -0.2) is 5.11 Å².